The van der Waals surface area contributed by atoms with E-state index in [1.165, 1.54) is 30.6 Å². The summed E-state index contributed by atoms with van der Waals surface area (Å²) in [5, 5.41) is 10.0. The standard InChI is InChI=1S/C30H31F2N5O3S.CH2O2/c1-37-15-12-21(13-16-37)14-17-40-28-11-6-22(18-26(28)32)27-19-30(34-20-33-27)35-23-7-9-24(10-8-23)36-41(38,39)29-5-3-2-4-25(29)31;2-1-3/h2-11,18-21,36H,12-17H2,1H3,(H,33,34,35);1H,(H,2,3). The van der Waals surface area contributed by atoms with E-state index in [1.54, 1.807) is 42.5 Å². The van der Waals surface area contributed by atoms with E-state index >= 15 is 0 Å². The van der Waals surface area contributed by atoms with E-state index in [9.17, 15) is 17.2 Å². The fourth-order valence-electron chi connectivity index (χ4n) is 4.69. The molecule has 44 heavy (non-hydrogen) atoms. The molecule has 10 nitrogen and oxygen atoms in total. The molecule has 0 amide bonds. The zero-order valence-corrected chi connectivity index (χ0v) is 24.8. The number of sulfonamides is 1. The third-order valence-corrected chi connectivity index (χ3v) is 8.47. The summed E-state index contributed by atoms with van der Waals surface area (Å²) < 4.78 is 61.9. The van der Waals surface area contributed by atoms with Gasteiger partial charge in [-0.1, -0.05) is 12.1 Å². The Hall–Kier alpha value is -4.62. The Labute approximate surface area is 254 Å². The minimum Gasteiger partial charge on any atom is -0.491 e. The first kappa shape index (κ1) is 32.3. The van der Waals surface area contributed by atoms with E-state index in [0.717, 1.165) is 38.4 Å². The number of likely N-dealkylation sites (tertiary alicyclic amines) is 1. The zero-order chi connectivity index (χ0) is 31.5. The first-order valence-corrected chi connectivity index (χ1v) is 15.3. The predicted octanol–water partition coefficient (Wildman–Crippen LogP) is 5.78. The average Bonchev–Trinajstić information content (AvgIpc) is 3.00. The molecule has 0 saturated carbocycles. The predicted molar refractivity (Wildman–Crippen MR) is 163 cm³/mol. The lowest BCUT2D eigenvalue weighted by molar-refractivity contribution is -0.122. The van der Waals surface area contributed by atoms with Gasteiger partial charge in [0.05, 0.1) is 12.3 Å². The molecule has 1 aliphatic rings. The second kappa shape index (κ2) is 15.2. The van der Waals surface area contributed by atoms with E-state index < -0.39 is 26.6 Å². The van der Waals surface area contributed by atoms with Crippen molar-refractivity contribution in [2.24, 2.45) is 5.92 Å². The number of anilines is 3. The van der Waals surface area contributed by atoms with Gasteiger partial charge in [-0.15, -0.1) is 0 Å². The van der Waals surface area contributed by atoms with E-state index in [1.807, 2.05) is 0 Å². The van der Waals surface area contributed by atoms with Crippen molar-refractivity contribution in [3.63, 3.8) is 0 Å². The third-order valence-electron chi connectivity index (χ3n) is 7.05. The van der Waals surface area contributed by atoms with E-state index in [-0.39, 0.29) is 17.9 Å². The molecule has 2 heterocycles. The van der Waals surface area contributed by atoms with Crippen LogP contribution in [0.25, 0.3) is 11.3 Å². The van der Waals surface area contributed by atoms with Crippen molar-refractivity contribution in [2.45, 2.75) is 24.2 Å². The second-order valence-corrected chi connectivity index (χ2v) is 11.8. The van der Waals surface area contributed by atoms with Gasteiger partial charge in [0.15, 0.2) is 11.6 Å². The van der Waals surface area contributed by atoms with Gasteiger partial charge < -0.3 is 20.1 Å². The van der Waals surface area contributed by atoms with E-state index in [0.29, 0.717) is 35.3 Å². The molecule has 1 fully saturated rings. The van der Waals surface area contributed by atoms with E-state index in [2.05, 4.69) is 32.0 Å². The van der Waals surface area contributed by atoms with Crippen molar-refractivity contribution in [1.82, 2.24) is 14.9 Å². The zero-order valence-electron chi connectivity index (χ0n) is 24.0. The first-order chi connectivity index (χ1) is 21.2. The maximum absolute atomic E-state index is 14.8. The van der Waals surface area contributed by atoms with Crippen molar-refractivity contribution in [2.75, 3.05) is 36.8 Å². The van der Waals surface area contributed by atoms with Crippen molar-refractivity contribution < 1.29 is 31.8 Å². The van der Waals surface area contributed by atoms with Crippen LogP contribution in [0, 0.1) is 17.6 Å². The van der Waals surface area contributed by atoms with Crippen LogP contribution in [0.4, 0.5) is 26.0 Å². The Kier molecular flexibility index (Phi) is 11.2. The number of carboxylic acid groups (broad SMARTS) is 1. The van der Waals surface area contributed by atoms with Crippen LogP contribution in [0.1, 0.15) is 19.3 Å². The molecule has 3 aromatic carbocycles. The molecule has 0 radical (unpaired) electrons. The number of piperidine rings is 1. The Morgan fingerprint density at radius 1 is 0.977 bits per heavy atom. The highest BCUT2D eigenvalue weighted by molar-refractivity contribution is 7.92. The maximum atomic E-state index is 14.8. The average molecular weight is 626 g/mol. The van der Waals surface area contributed by atoms with Crippen LogP contribution in [0.3, 0.4) is 0 Å². The molecule has 0 spiro atoms. The van der Waals surface area contributed by atoms with E-state index in [4.69, 9.17) is 14.6 Å². The monoisotopic (exact) mass is 625 g/mol. The second-order valence-electron chi connectivity index (χ2n) is 10.2. The summed E-state index contributed by atoms with van der Waals surface area (Å²) in [4.78, 5) is 18.7. The summed E-state index contributed by atoms with van der Waals surface area (Å²) in [5.41, 5.74) is 2.00. The minimum atomic E-state index is -4.08. The number of rotatable bonds is 10. The number of ether oxygens (including phenoxy) is 1. The van der Waals surface area contributed by atoms with Gasteiger partial charge in [-0.25, -0.2) is 27.2 Å². The lowest BCUT2D eigenvalue weighted by Crippen LogP contribution is -2.30. The largest absolute Gasteiger partial charge is 0.491 e. The molecular weight excluding hydrogens is 592 g/mol. The van der Waals surface area contributed by atoms with Crippen LogP contribution < -0.4 is 14.8 Å². The summed E-state index contributed by atoms with van der Waals surface area (Å²) >= 11 is 0. The number of hydrogen-bond donors (Lipinski definition) is 3. The molecule has 1 aliphatic heterocycles. The Balaban J connectivity index is 0.00000141. The van der Waals surface area contributed by atoms with Crippen molar-refractivity contribution in [3.8, 4) is 17.0 Å². The van der Waals surface area contributed by atoms with Gasteiger partial charge in [0.25, 0.3) is 16.5 Å². The molecule has 13 heteroatoms. The minimum absolute atomic E-state index is 0.222. The summed E-state index contributed by atoms with van der Waals surface area (Å²) in [6.45, 7) is 2.41. The maximum Gasteiger partial charge on any atom is 0.290 e. The number of carbonyl (C=O) groups is 1. The van der Waals surface area contributed by atoms with Crippen LogP contribution >= 0.6 is 0 Å². The van der Waals surface area contributed by atoms with Crippen LogP contribution in [0.5, 0.6) is 5.75 Å². The number of nitrogens with one attached hydrogen (secondary N) is 2. The quantitative estimate of drug-likeness (QED) is 0.188. The van der Waals surface area contributed by atoms with Gasteiger partial charge in [-0.3, -0.25) is 9.52 Å². The molecule has 4 aromatic rings. The van der Waals surface area contributed by atoms with Crippen LogP contribution in [0.2, 0.25) is 0 Å². The van der Waals surface area contributed by atoms with Gasteiger partial charge >= 0.3 is 0 Å². The van der Waals surface area contributed by atoms with Crippen LogP contribution in [-0.2, 0) is 14.8 Å². The normalized spacial score (nSPS) is 13.8. The highest BCUT2D eigenvalue weighted by Crippen LogP contribution is 2.28. The summed E-state index contributed by atoms with van der Waals surface area (Å²) in [7, 11) is -1.95. The van der Waals surface area contributed by atoms with Crippen molar-refractivity contribution >= 4 is 33.7 Å². The fourth-order valence-corrected chi connectivity index (χ4v) is 5.83. The van der Waals surface area contributed by atoms with Gasteiger partial charge in [0.1, 0.15) is 22.9 Å². The molecule has 5 rings (SSSR count). The van der Waals surface area contributed by atoms with Gasteiger partial charge in [0.2, 0.25) is 0 Å². The van der Waals surface area contributed by atoms with Gasteiger partial charge in [-0.05, 0) is 99.9 Å². The molecule has 1 saturated heterocycles. The Bertz CT molecular complexity index is 1650. The number of benzene rings is 3. The topological polar surface area (TPSA) is 134 Å². The van der Waals surface area contributed by atoms with Gasteiger partial charge in [0, 0.05) is 23.0 Å². The number of halogens is 2. The third kappa shape index (κ3) is 8.94. The summed E-state index contributed by atoms with van der Waals surface area (Å²) in [6, 6.07) is 18.0. The number of aromatic nitrogens is 2. The molecule has 0 bridgehead atoms. The smallest absolute Gasteiger partial charge is 0.290 e. The van der Waals surface area contributed by atoms with Crippen molar-refractivity contribution in [1.29, 1.82) is 0 Å². The SMILES string of the molecule is CN1CCC(CCOc2ccc(-c3cc(Nc4ccc(NS(=O)(=O)c5ccccc5F)cc4)ncn3)cc2F)CC1.O=CO. The number of nitrogens with zero attached hydrogens (tertiary/aromatic N) is 3. The Morgan fingerprint density at radius 3 is 2.34 bits per heavy atom. The molecule has 1 aromatic heterocycles. The summed E-state index contributed by atoms with van der Waals surface area (Å²) in [5.74, 6) is 0.0172. The Morgan fingerprint density at radius 2 is 1.66 bits per heavy atom. The lowest BCUT2D eigenvalue weighted by atomic mass is 9.94. The van der Waals surface area contributed by atoms with Gasteiger partial charge in [-0.2, -0.15) is 0 Å². The molecule has 3 N–H and O–H groups in total. The lowest BCUT2D eigenvalue weighted by Gasteiger charge is -2.28. The molecule has 0 unspecified atom stereocenters. The van der Waals surface area contributed by atoms with Crippen LogP contribution in [0.15, 0.2) is 84.0 Å². The molecule has 0 aliphatic carbocycles. The van der Waals surface area contributed by atoms with Crippen molar-refractivity contribution in [3.05, 3.63) is 90.8 Å². The highest BCUT2D eigenvalue weighted by atomic mass is 32.2. The molecule has 0 atom stereocenters. The van der Waals surface area contributed by atoms with Crippen LogP contribution in [-0.4, -0.2) is 61.6 Å². The first-order valence-electron chi connectivity index (χ1n) is 13.8. The molecular formula is C31H33F2N5O5S. The summed E-state index contributed by atoms with van der Waals surface area (Å²) in [6.07, 6.45) is 4.57. The number of hydrogen-bond acceptors (Lipinski definition) is 8. The molecule has 232 valence electrons. The highest BCUT2D eigenvalue weighted by Gasteiger charge is 2.19. The fraction of sp³-hybridized carbons (Fsp3) is 0.258.